The standard InChI is InChI=1S/C17H28N2/c1-13-8-9-15(14(2)12-13)16(18-5)17(3,4)19-10-6-7-11-19/h8-9,12,16,18H,6-7,10-11H2,1-5H3. The summed E-state index contributed by atoms with van der Waals surface area (Å²) >= 11 is 0. The molecule has 1 aromatic carbocycles. The van der Waals surface area contributed by atoms with Crippen LogP contribution in [0.2, 0.25) is 0 Å². The van der Waals surface area contributed by atoms with Crippen LogP contribution in [-0.4, -0.2) is 30.6 Å². The molecule has 2 heteroatoms. The molecule has 1 saturated heterocycles. The van der Waals surface area contributed by atoms with Crippen LogP contribution in [0, 0.1) is 13.8 Å². The Morgan fingerprint density at radius 1 is 1.16 bits per heavy atom. The molecule has 1 aromatic rings. The summed E-state index contributed by atoms with van der Waals surface area (Å²) in [7, 11) is 2.09. The highest BCUT2D eigenvalue weighted by atomic mass is 15.2. The highest BCUT2D eigenvalue weighted by molar-refractivity contribution is 5.34. The molecule has 0 radical (unpaired) electrons. The summed E-state index contributed by atoms with van der Waals surface area (Å²) in [5.74, 6) is 0. The highest BCUT2D eigenvalue weighted by Gasteiger charge is 2.37. The maximum absolute atomic E-state index is 3.55. The first kappa shape index (κ1) is 14.5. The molecule has 1 atom stereocenters. The summed E-state index contributed by atoms with van der Waals surface area (Å²) in [6.45, 7) is 11.6. The van der Waals surface area contributed by atoms with Crippen LogP contribution in [0.3, 0.4) is 0 Å². The van der Waals surface area contributed by atoms with E-state index in [1.807, 2.05) is 0 Å². The Labute approximate surface area is 118 Å². The zero-order valence-corrected chi connectivity index (χ0v) is 13.1. The lowest BCUT2D eigenvalue weighted by atomic mass is 9.84. The largest absolute Gasteiger partial charge is 0.311 e. The molecule has 1 aliphatic heterocycles. The van der Waals surface area contributed by atoms with Crippen LogP contribution in [0.4, 0.5) is 0 Å². The maximum atomic E-state index is 3.55. The smallest absolute Gasteiger partial charge is 0.0501 e. The van der Waals surface area contributed by atoms with Crippen molar-refractivity contribution in [1.82, 2.24) is 10.2 Å². The fraction of sp³-hybridized carbons (Fsp3) is 0.647. The molecule has 0 saturated carbocycles. The van der Waals surface area contributed by atoms with Gasteiger partial charge in [-0.15, -0.1) is 0 Å². The summed E-state index contributed by atoms with van der Waals surface area (Å²) in [5.41, 5.74) is 4.33. The molecule has 106 valence electrons. The van der Waals surface area contributed by atoms with Crippen LogP contribution < -0.4 is 5.32 Å². The molecule has 0 spiro atoms. The quantitative estimate of drug-likeness (QED) is 0.892. The van der Waals surface area contributed by atoms with E-state index in [9.17, 15) is 0 Å². The molecule has 0 aromatic heterocycles. The second-order valence-corrected chi connectivity index (χ2v) is 6.43. The van der Waals surface area contributed by atoms with Gasteiger partial charge in [0, 0.05) is 5.54 Å². The number of likely N-dealkylation sites (tertiary alicyclic amines) is 1. The predicted octanol–water partition coefficient (Wildman–Crippen LogP) is 3.44. The molecule has 1 unspecified atom stereocenters. The summed E-state index contributed by atoms with van der Waals surface area (Å²) in [4.78, 5) is 2.63. The van der Waals surface area contributed by atoms with Gasteiger partial charge >= 0.3 is 0 Å². The molecule has 19 heavy (non-hydrogen) atoms. The molecular weight excluding hydrogens is 232 g/mol. The van der Waals surface area contributed by atoms with Crippen molar-refractivity contribution in [3.05, 3.63) is 34.9 Å². The molecule has 2 nitrogen and oxygen atoms in total. The lowest BCUT2D eigenvalue weighted by Crippen LogP contribution is -2.51. The third-order valence-corrected chi connectivity index (χ3v) is 4.65. The summed E-state index contributed by atoms with van der Waals surface area (Å²) < 4.78 is 0. The van der Waals surface area contributed by atoms with Gasteiger partial charge in [0.05, 0.1) is 6.04 Å². The third kappa shape index (κ3) is 2.85. The van der Waals surface area contributed by atoms with Crippen molar-refractivity contribution in [2.24, 2.45) is 0 Å². The third-order valence-electron chi connectivity index (χ3n) is 4.65. The number of nitrogens with one attached hydrogen (secondary N) is 1. The Kier molecular flexibility index (Phi) is 4.32. The van der Waals surface area contributed by atoms with Crippen molar-refractivity contribution >= 4 is 0 Å². The SMILES string of the molecule is CNC(c1ccc(C)cc1C)C(C)(C)N1CCCC1. The van der Waals surface area contributed by atoms with Gasteiger partial charge in [0.1, 0.15) is 0 Å². The first-order chi connectivity index (χ1) is 8.96. The number of hydrogen-bond acceptors (Lipinski definition) is 2. The van der Waals surface area contributed by atoms with E-state index in [0.29, 0.717) is 6.04 Å². The number of nitrogens with zero attached hydrogens (tertiary/aromatic N) is 1. The van der Waals surface area contributed by atoms with Crippen molar-refractivity contribution in [3.8, 4) is 0 Å². The van der Waals surface area contributed by atoms with Gasteiger partial charge in [-0.3, -0.25) is 4.90 Å². The van der Waals surface area contributed by atoms with Crippen LogP contribution in [0.25, 0.3) is 0 Å². The monoisotopic (exact) mass is 260 g/mol. The van der Waals surface area contributed by atoms with Gasteiger partial charge in [-0.05, 0) is 71.8 Å². The van der Waals surface area contributed by atoms with Gasteiger partial charge in [0.2, 0.25) is 0 Å². The fourth-order valence-corrected chi connectivity index (χ4v) is 3.51. The zero-order chi connectivity index (χ0) is 14.0. The van der Waals surface area contributed by atoms with Gasteiger partial charge in [-0.25, -0.2) is 0 Å². The van der Waals surface area contributed by atoms with Crippen molar-refractivity contribution in [3.63, 3.8) is 0 Å². The summed E-state index contributed by atoms with van der Waals surface area (Å²) in [5, 5.41) is 3.55. The van der Waals surface area contributed by atoms with Crippen LogP contribution in [0.15, 0.2) is 18.2 Å². The van der Waals surface area contributed by atoms with Crippen LogP contribution >= 0.6 is 0 Å². The first-order valence-corrected chi connectivity index (χ1v) is 7.46. The van der Waals surface area contributed by atoms with E-state index in [1.165, 1.54) is 42.6 Å². The second-order valence-electron chi connectivity index (χ2n) is 6.43. The van der Waals surface area contributed by atoms with Gasteiger partial charge < -0.3 is 5.32 Å². The number of rotatable bonds is 4. The van der Waals surface area contributed by atoms with Crippen molar-refractivity contribution in [1.29, 1.82) is 0 Å². The Morgan fingerprint density at radius 3 is 2.32 bits per heavy atom. The van der Waals surface area contributed by atoms with Gasteiger partial charge in [0.15, 0.2) is 0 Å². The minimum absolute atomic E-state index is 0.158. The zero-order valence-electron chi connectivity index (χ0n) is 13.1. The molecular formula is C17H28N2. The average Bonchev–Trinajstić information content (AvgIpc) is 2.87. The Bertz CT molecular complexity index is 431. The van der Waals surface area contributed by atoms with E-state index in [4.69, 9.17) is 0 Å². The Balaban J connectivity index is 2.32. The topological polar surface area (TPSA) is 15.3 Å². The lowest BCUT2D eigenvalue weighted by molar-refractivity contribution is 0.110. The minimum atomic E-state index is 0.158. The van der Waals surface area contributed by atoms with E-state index in [0.717, 1.165) is 0 Å². The van der Waals surface area contributed by atoms with E-state index >= 15 is 0 Å². The number of aryl methyl sites for hydroxylation is 2. The fourth-order valence-electron chi connectivity index (χ4n) is 3.51. The van der Waals surface area contributed by atoms with E-state index in [-0.39, 0.29) is 5.54 Å². The van der Waals surface area contributed by atoms with Gasteiger partial charge in [0.25, 0.3) is 0 Å². The molecule has 1 N–H and O–H groups in total. The minimum Gasteiger partial charge on any atom is -0.311 e. The number of likely N-dealkylation sites (N-methyl/N-ethyl adjacent to an activating group) is 1. The van der Waals surface area contributed by atoms with Crippen LogP contribution in [0.5, 0.6) is 0 Å². The van der Waals surface area contributed by atoms with Crippen molar-refractivity contribution < 1.29 is 0 Å². The van der Waals surface area contributed by atoms with Crippen LogP contribution in [-0.2, 0) is 0 Å². The highest BCUT2D eigenvalue weighted by Crippen LogP contribution is 2.34. The predicted molar refractivity (Wildman–Crippen MR) is 82.6 cm³/mol. The van der Waals surface area contributed by atoms with E-state index < -0.39 is 0 Å². The van der Waals surface area contributed by atoms with Crippen molar-refractivity contribution in [2.75, 3.05) is 20.1 Å². The Morgan fingerprint density at radius 2 is 1.79 bits per heavy atom. The van der Waals surface area contributed by atoms with Gasteiger partial charge in [-0.1, -0.05) is 23.8 Å². The summed E-state index contributed by atoms with van der Waals surface area (Å²) in [6, 6.07) is 7.20. The first-order valence-electron chi connectivity index (χ1n) is 7.46. The van der Waals surface area contributed by atoms with E-state index in [2.05, 4.69) is 63.2 Å². The molecule has 0 aliphatic carbocycles. The number of hydrogen-bond donors (Lipinski definition) is 1. The average molecular weight is 260 g/mol. The molecule has 1 aliphatic rings. The molecule has 0 amide bonds. The van der Waals surface area contributed by atoms with Gasteiger partial charge in [-0.2, -0.15) is 0 Å². The molecule has 1 fully saturated rings. The maximum Gasteiger partial charge on any atom is 0.0501 e. The normalized spacial score (nSPS) is 18.8. The van der Waals surface area contributed by atoms with E-state index in [1.54, 1.807) is 0 Å². The molecule has 0 bridgehead atoms. The molecule has 2 rings (SSSR count). The molecule has 1 heterocycles. The second kappa shape index (κ2) is 5.64. The summed E-state index contributed by atoms with van der Waals surface area (Å²) in [6.07, 6.45) is 2.68. The van der Waals surface area contributed by atoms with Crippen LogP contribution in [0.1, 0.15) is 49.4 Å². The lowest BCUT2D eigenvalue weighted by Gasteiger charge is -2.43. The van der Waals surface area contributed by atoms with Crippen molar-refractivity contribution in [2.45, 2.75) is 52.1 Å². The Hall–Kier alpha value is -0.860. The number of benzene rings is 1.